The molecule has 0 heterocycles. The first-order valence-electron chi connectivity index (χ1n) is 11.7. The van der Waals surface area contributed by atoms with Gasteiger partial charge in [0.25, 0.3) is 0 Å². The number of carboxylic acid groups (broad SMARTS) is 1. The van der Waals surface area contributed by atoms with E-state index in [1.807, 2.05) is 20.1 Å². The fraction of sp³-hybridized carbons (Fsp3) is 0.773. The van der Waals surface area contributed by atoms with Crippen LogP contribution in [0.4, 0.5) is 0 Å². The molecule has 3 amide bonds. The highest BCUT2D eigenvalue weighted by Crippen LogP contribution is 2.09. The Hall–Kier alpha value is -2.54. The molecule has 0 radical (unpaired) electrons. The minimum atomic E-state index is -1.18. The number of nitrogens with zero attached hydrogens (tertiary/aromatic N) is 1. The molecule has 0 rings (SSSR count). The van der Waals surface area contributed by atoms with Crippen LogP contribution in [0.2, 0.25) is 0 Å². The predicted octanol–water partition coefficient (Wildman–Crippen LogP) is -0.638. The van der Waals surface area contributed by atoms with Crippen LogP contribution in [0.25, 0.3) is 0 Å². The van der Waals surface area contributed by atoms with Gasteiger partial charge in [0.2, 0.25) is 17.7 Å². The molecule has 10 N–H and O–H groups in total. The van der Waals surface area contributed by atoms with E-state index in [-0.39, 0.29) is 30.8 Å². The topological polar surface area (TPSA) is 215 Å². The average Bonchev–Trinajstić information content (AvgIpc) is 2.75. The Morgan fingerprint density at radius 3 is 1.97 bits per heavy atom. The molecule has 12 nitrogen and oxygen atoms in total. The number of hydrogen-bond donors (Lipinski definition) is 7. The first-order valence-corrected chi connectivity index (χ1v) is 13.1. The molecule has 0 spiro atoms. The highest BCUT2D eigenvalue weighted by atomic mass is 32.2. The predicted molar refractivity (Wildman–Crippen MR) is 139 cm³/mol. The van der Waals surface area contributed by atoms with Crippen molar-refractivity contribution in [3.63, 3.8) is 0 Å². The normalized spacial score (nSPS) is 14.5. The summed E-state index contributed by atoms with van der Waals surface area (Å²) >= 11 is 1.56. The van der Waals surface area contributed by atoms with Gasteiger partial charge in [-0.3, -0.25) is 19.4 Å². The van der Waals surface area contributed by atoms with Crippen molar-refractivity contribution in [1.82, 2.24) is 16.0 Å². The molecule has 202 valence electrons. The number of carboxylic acids is 1. The number of rotatable bonds is 17. The molecule has 0 aliphatic heterocycles. The van der Waals surface area contributed by atoms with Crippen molar-refractivity contribution < 1.29 is 24.3 Å². The number of thioether (sulfide) groups is 1. The van der Waals surface area contributed by atoms with Crippen molar-refractivity contribution in [3.8, 4) is 0 Å². The van der Waals surface area contributed by atoms with Crippen molar-refractivity contribution in [2.24, 2.45) is 34.0 Å². The summed E-state index contributed by atoms with van der Waals surface area (Å²) in [7, 11) is 0. The van der Waals surface area contributed by atoms with Gasteiger partial charge < -0.3 is 38.3 Å². The monoisotopic (exact) mass is 517 g/mol. The number of hydrogen-bond acceptors (Lipinski definition) is 7. The standard InChI is InChI=1S/C22H43N7O5S/c1-12(2)11-16(28-18(30)14(23)8-10-35-5)20(32)27-15(7-6-9-26-22(24)25)19(31)29-17(13(3)4)21(33)34/h12-17H,6-11,23H2,1-5H3,(H,27,32)(H,28,30)(H,29,31)(H,33,34)(H4,24,25,26). The number of amides is 3. The second-order valence-electron chi connectivity index (χ2n) is 9.16. The molecule has 0 fully saturated rings. The number of carbonyl (C=O) groups excluding carboxylic acids is 3. The summed E-state index contributed by atoms with van der Waals surface area (Å²) in [5.74, 6) is -2.52. The number of nitrogens with one attached hydrogen (secondary N) is 3. The van der Waals surface area contributed by atoms with Crippen LogP contribution in [0.5, 0.6) is 0 Å². The van der Waals surface area contributed by atoms with E-state index in [4.69, 9.17) is 17.2 Å². The summed E-state index contributed by atoms with van der Waals surface area (Å²) in [4.78, 5) is 54.0. The summed E-state index contributed by atoms with van der Waals surface area (Å²) in [6.45, 7) is 7.37. The second-order valence-corrected chi connectivity index (χ2v) is 10.1. The Morgan fingerprint density at radius 1 is 0.914 bits per heavy atom. The fourth-order valence-corrected chi connectivity index (χ4v) is 3.66. The van der Waals surface area contributed by atoms with E-state index in [1.54, 1.807) is 25.6 Å². The number of aliphatic carboxylic acids is 1. The summed E-state index contributed by atoms with van der Waals surface area (Å²) in [5.41, 5.74) is 16.6. The third-order valence-corrected chi connectivity index (χ3v) is 5.76. The fourth-order valence-electron chi connectivity index (χ4n) is 3.17. The number of aliphatic imine (C=N–C) groups is 1. The minimum absolute atomic E-state index is 0.0694. The molecule has 4 unspecified atom stereocenters. The highest BCUT2D eigenvalue weighted by molar-refractivity contribution is 7.98. The molecule has 0 aromatic rings. The lowest BCUT2D eigenvalue weighted by Crippen LogP contribution is -2.57. The zero-order chi connectivity index (χ0) is 27.1. The minimum Gasteiger partial charge on any atom is -0.480 e. The quantitative estimate of drug-likeness (QED) is 0.0740. The van der Waals surface area contributed by atoms with Crippen LogP contribution in [0.3, 0.4) is 0 Å². The summed E-state index contributed by atoms with van der Waals surface area (Å²) in [6, 6.07) is -3.84. The van der Waals surface area contributed by atoms with Crippen LogP contribution >= 0.6 is 11.8 Å². The van der Waals surface area contributed by atoms with Crippen LogP contribution in [0.15, 0.2) is 4.99 Å². The molecular weight excluding hydrogens is 474 g/mol. The van der Waals surface area contributed by atoms with Gasteiger partial charge in [-0.25, -0.2) is 4.79 Å². The summed E-state index contributed by atoms with van der Waals surface area (Å²) in [6.07, 6.45) is 3.22. The van der Waals surface area contributed by atoms with Crippen molar-refractivity contribution in [2.45, 2.75) is 77.5 Å². The molecule has 0 aliphatic rings. The zero-order valence-electron chi connectivity index (χ0n) is 21.4. The van der Waals surface area contributed by atoms with Crippen LogP contribution in [0, 0.1) is 11.8 Å². The van der Waals surface area contributed by atoms with Gasteiger partial charge in [-0.05, 0) is 49.5 Å². The molecule has 0 aliphatic carbocycles. The van der Waals surface area contributed by atoms with E-state index >= 15 is 0 Å². The van der Waals surface area contributed by atoms with Gasteiger partial charge in [-0.15, -0.1) is 0 Å². The molecule has 0 aromatic carbocycles. The molecule has 4 atom stereocenters. The summed E-state index contributed by atoms with van der Waals surface area (Å²) in [5, 5.41) is 17.3. The number of carbonyl (C=O) groups is 4. The lowest BCUT2D eigenvalue weighted by Gasteiger charge is -2.26. The van der Waals surface area contributed by atoms with Gasteiger partial charge in [0.05, 0.1) is 6.04 Å². The Labute approximate surface area is 212 Å². The van der Waals surface area contributed by atoms with Gasteiger partial charge in [-0.1, -0.05) is 27.7 Å². The lowest BCUT2D eigenvalue weighted by atomic mass is 10.0. The lowest BCUT2D eigenvalue weighted by molar-refractivity contribution is -0.143. The third kappa shape index (κ3) is 13.8. The van der Waals surface area contributed by atoms with Crippen molar-refractivity contribution in [2.75, 3.05) is 18.6 Å². The smallest absolute Gasteiger partial charge is 0.326 e. The van der Waals surface area contributed by atoms with Crippen molar-refractivity contribution in [1.29, 1.82) is 0 Å². The van der Waals surface area contributed by atoms with E-state index in [0.717, 1.165) is 0 Å². The van der Waals surface area contributed by atoms with Crippen LogP contribution in [0.1, 0.15) is 53.4 Å². The molecule has 0 saturated carbocycles. The molecule has 35 heavy (non-hydrogen) atoms. The van der Waals surface area contributed by atoms with Gasteiger partial charge in [0, 0.05) is 6.54 Å². The number of nitrogens with two attached hydrogens (primary N) is 3. The molecular formula is C22H43N7O5S. The van der Waals surface area contributed by atoms with E-state index in [1.165, 1.54) is 0 Å². The molecule has 0 bridgehead atoms. The SMILES string of the molecule is CSCCC(N)C(=O)NC(CC(C)C)C(=O)NC(CCCN=C(N)N)C(=O)NC(C(=O)O)C(C)C. The van der Waals surface area contributed by atoms with E-state index < -0.39 is 47.9 Å². The Balaban J connectivity index is 5.57. The van der Waals surface area contributed by atoms with Gasteiger partial charge in [-0.2, -0.15) is 11.8 Å². The molecule has 0 aromatic heterocycles. The van der Waals surface area contributed by atoms with E-state index in [9.17, 15) is 24.3 Å². The van der Waals surface area contributed by atoms with Crippen molar-refractivity contribution >= 4 is 41.4 Å². The molecule has 0 saturated heterocycles. The molecule has 13 heteroatoms. The second kappa shape index (κ2) is 17.0. The van der Waals surface area contributed by atoms with Gasteiger partial charge >= 0.3 is 5.97 Å². The Kier molecular flexibility index (Phi) is 15.7. The van der Waals surface area contributed by atoms with Crippen LogP contribution in [-0.2, 0) is 19.2 Å². The third-order valence-electron chi connectivity index (χ3n) is 5.12. The van der Waals surface area contributed by atoms with Crippen molar-refractivity contribution in [3.05, 3.63) is 0 Å². The van der Waals surface area contributed by atoms with Crippen LogP contribution in [-0.4, -0.2) is 77.5 Å². The Bertz CT molecular complexity index is 729. The highest BCUT2D eigenvalue weighted by Gasteiger charge is 2.31. The maximum Gasteiger partial charge on any atom is 0.326 e. The van der Waals surface area contributed by atoms with E-state index in [2.05, 4.69) is 20.9 Å². The Morgan fingerprint density at radius 2 is 1.49 bits per heavy atom. The summed E-state index contributed by atoms with van der Waals surface area (Å²) < 4.78 is 0. The zero-order valence-corrected chi connectivity index (χ0v) is 22.2. The maximum atomic E-state index is 13.1. The van der Waals surface area contributed by atoms with Crippen LogP contribution < -0.4 is 33.2 Å². The largest absolute Gasteiger partial charge is 0.480 e. The first kappa shape index (κ1) is 32.5. The van der Waals surface area contributed by atoms with Gasteiger partial charge in [0.1, 0.15) is 18.1 Å². The van der Waals surface area contributed by atoms with Gasteiger partial charge in [0.15, 0.2) is 5.96 Å². The first-order chi connectivity index (χ1) is 16.3. The number of guanidine groups is 1. The van der Waals surface area contributed by atoms with E-state index in [0.29, 0.717) is 25.0 Å². The maximum absolute atomic E-state index is 13.1. The average molecular weight is 518 g/mol.